The highest BCUT2D eigenvalue weighted by atomic mass is 16.6. The summed E-state index contributed by atoms with van der Waals surface area (Å²) in [6.45, 7) is 4.11. The quantitative estimate of drug-likeness (QED) is 0.735. The van der Waals surface area contributed by atoms with Crippen molar-refractivity contribution < 1.29 is 19.7 Å². The van der Waals surface area contributed by atoms with Crippen LogP contribution in [0.4, 0.5) is 0 Å². The zero-order valence-corrected chi connectivity index (χ0v) is 8.78. The topological polar surface area (TPSA) is 58.9 Å². The molecule has 2 N–H and O–H groups in total. The van der Waals surface area contributed by atoms with Crippen LogP contribution in [-0.4, -0.2) is 23.4 Å². The highest BCUT2D eigenvalue weighted by Gasteiger charge is 2.29. The lowest BCUT2D eigenvalue weighted by Crippen LogP contribution is -2.22. The molecular weight excluding hydrogens is 196 g/mol. The van der Waals surface area contributed by atoms with Crippen LogP contribution >= 0.6 is 0 Å². The minimum atomic E-state index is -1.16. The Hall–Kier alpha value is -1.42. The molecule has 0 aliphatic carbocycles. The molecule has 0 saturated heterocycles. The van der Waals surface area contributed by atoms with E-state index in [1.165, 1.54) is 6.07 Å². The van der Waals surface area contributed by atoms with E-state index >= 15 is 0 Å². The minimum absolute atomic E-state index is 0.0201. The fourth-order valence-corrected chi connectivity index (χ4v) is 1.70. The molecule has 15 heavy (non-hydrogen) atoms. The number of benzene rings is 1. The standard InChI is InChI=1S/C11H14O4/c1-11(2,13)9-7(12)3-4-8-10(9)15-6-5-14-8/h3-4,12-13H,5-6H2,1-2H3. The van der Waals surface area contributed by atoms with E-state index in [1.54, 1.807) is 19.9 Å². The van der Waals surface area contributed by atoms with Gasteiger partial charge >= 0.3 is 0 Å². The molecule has 0 unspecified atom stereocenters. The monoisotopic (exact) mass is 210 g/mol. The number of phenols is 1. The fraction of sp³-hybridized carbons (Fsp3) is 0.455. The summed E-state index contributed by atoms with van der Waals surface area (Å²) in [6, 6.07) is 3.14. The van der Waals surface area contributed by atoms with Gasteiger partial charge in [-0.3, -0.25) is 0 Å². The van der Waals surface area contributed by atoms with Crippen LogP contribution in [-0.2, 0) is 5.60 Å². The molecule has 2 rings (SSSR count). The molecule has 1 aliphatic rings. The van der Waals surface area contributed by atoms with Crippen molar-refractivity contribution in [2.45, 2.75) is 19.4 Å². The Bertz CT molecular complexity index is 379. The number of aliphatic hydroxyl groups is 1. The average Bonchev–Trinajstić information content (AvgIpc) is 2.15. The Morgan fingerprint density at radius 3 is 2.53 bits per heavy atom. The molecular formula is C11H14O4. The molecule has 0 saturated carbocycles. The van der Waals surface area contributed by atoms with Crippen LogP contribution in [0.15, 0.2) is 12.1 Å². The third-order valence-electron chi connectivity index (χ3n) is 2.30. The second kappa shape index (κ2) is 3.31. The maximum atomic E-state index is 9.93. The van der Waals surface area contributed by atoms with Crippen molar-refractivity contribution in [1.82, 2.24) is 0 Å². The predicted octanol–water partition coefficient (Wildman–Crippen LogP) is 1.39. The number of rotatable bonds is 1. The first-order valence-corrected chi connectivity index (χ1v) is 4.84. The van der Waals surface area contributed by atoms with Gasteiger partial charge < -0.3 is 19.7 Å². The van der Waals surface area contributed by atoms with E-state index < -0.39 is 5.60 Å². The van der Waals surface area contributed by atoms with E-state index in [0.717, 1.165) is 0 Å². The van der Waals surface area contributed by atoms with E-state index in [0.29, 0.717) is 30.3 Å². The Balaban J connectivity index is 2.60. The van der Waals surface area contributed by atoms with Crippen LogP contribution in [0, 0.1) is 0 Å². The number of ether oxygens (including phenoxy) is 2. The third kappa shape index (κ3) is 1.72. The van der Waals surface area contributed by atoms with E-state index in [-0.39, 0.29) is 5.75 Å². The highest BCUT2D eigenvalue weighted by molar-refractivity contribution is 5.56. The Labute approximate surface area is 88.1 Å². The molecule has 0 fully saturated rings. The maximum absolute atomic E-state index is 9.93. The zero-order valence-electron chi connectivity index (χ0n) is 8.78. The molecule has 82 valence electrons. The van der Waals surface area contributed by atoms with E-state index in [4.69, 9.17) is 9.47 Å². The normalized spacial score (nSPS) is 15.1. The first-order chi connectivity index (χ1) is 7.00. The highest BCUT2D eigenvalue weighted by Crippen LogP contribution is 2.44. The van der Waals surface area contributed by atoms with Gasteiger partial charge in [-0.25, -0.2) is 0 Å². The Morgan fingerprint density at radius 2 is 1.87 bits per heavy atom. The van der Waals surface area contributed by atoms with Crippen molar-refractivity contribution in [3.63, 3.8) is 0 Å². The summed E-state index contributed by atoms with van der Waals surface area (Å²) in [4.78, 5) is 0. The van der Waals surface area contributed by atoms with Crippen molar-refractivity contribution >= 4 is 0 Å². The lowest BCUT2D eigenvalue weighted by atomic mass is 9.95. The molecule has 0 atom stereocenters. The van der Waals surface area contributed by atoms with Gasteiger partial charge in [0, 0.05) is 0 Å². The summed E-state index contributed by atoms with van der Waals surface area (Å²) < 4.78 is 10.8. The van der Waals surface area contributed by atoms with Gasteiger partial charge in [-0.05, 0) is 26.0 Å². The van der Waals surface area contributed by atoms with Gasteiger partial charge in [-0.1, -0.05) is 0 Å². The van der Waals surface area contributed by atoms with E-state index in [9.17, 15) is 10.2 Å². The van der Waals surface area contributed by atoms with Gasteiger partial charge in [0.15, 0.2) is 11.5 Å². The minimum Gasteiger partial charge on any atom is -0.507 e. The van der Waals surface area contributed by atoms with Crippen molar-refractivity contribution in [2.75, 3.05) is 13.2 Å². The van der Waals surface area contributed by atoms with Gasteiger partial charge in [0.1, 0.15) is 19.0 Å². The second-order valence-corrected chi connectivity index (χ2v) is 4.04. The van der Waals surface area contributed by atoms with Crippen LogP contribution < -0.4 is 9.47 Å². The molecule has 1 heterocycles. The molecule has 0 spiro atoms. The Morgan fingerprint density at radius 1 is 1.20 bits per heavy atom. The first-order valence-electron chi connectivity index (χ1n) is 4.84. The summed E-state index contributed by atoms with van der Waals surface area (Å²) >= 11 is 0. The summed E-state index contributed by atoms with van der Waals surface area (Å²) in [5, 5.41) is 19.6. The zero-order chi connectivity index (χ0) is 11.1. The molecule has 0 radical (unpaired) electrons. The molecule has 4 heteroatoms. The fourth-order valence-electron chi connectivity index (χ4n) is 1.70. The summed E-state index contributed by atoms with van der Waals surface area (Å²) in [5.41, 5.74) is -0.782. The molecule has 0 amide bonds. The lowest BCUT2D eigenvalue weighted by Gasteiger charge is -2.27. The average molecular weight is 210 g/mol. The van der Waals surface area contributed by atoms with Crippen LogP contribution in [0.1, 0.15) is 19.4 Å². The van der Waals surface area contributed by atoms with E-state index in [1.807, 2.05) is 0 Å². The van der Waals surface area contributed by atoms with Gasteiger partial charge in [-0.2, -0.15) is 0 Å². The van der Waals surface area contributed by atoms with Crippen LogP contribution in [0.5, 0.6) is 17.2 Å². The second-order valence-electron chi connectivity index (χ2n) is 4.04. The summed E-state index contributed by atoms with van der Waals surface area (Å²) in [6.07, 6.45) is 0. The number of aromatic hydroxyl groups is 1. The van der Waals surface area contributed by atoms with Gasteiger partial charge in [0.05, 0.1) is 11.2 Å². The van der Waals surface area contributed by atoms with Gasteiger partial charge in [0.25, 0.3) is 0 Å². The summed E-state index contributed by atoms with van der Waals surface area (Å²) in [5.74, 6) is 1.02. The van der Waals surface area contributed by atoms with Gasteiger partial charge in [-0.15, -0.1) is 0 Å². The molecule has 1 aromatic rings. The van der Waals surface area contributed by atoms with Crippen molar-refractivity contribution in [3.05, 3.63) is 17.7 Å². The number of hydrogen-bond acceptors (Lipinski definition) is 4. The van der Waals surface area contributed by atoms with Crippen LogP contribution in [0.25, 0.3) is 0 Å². The maximum Gasteiger partial charge on any atom is 0.171 e. The van der Waals surface area contributed by atoms with Crippen molar-refractivity contribution in [3.8, 4) is 17.2 Å². The van der Waals surface area contributed by atoms with Crippen LogP contribution in [0.2, 0.25) is 0 Å². The van der Waals surface area contributed by atoms with Crippen molar-refractivity contribution in [1.29, 1.82) is 0 Å². The number of hydrogen-bond donors (Lipinski definition) is 2. The summed E-state index contributed by atoms with van der Waals surface area (Å²) in [7, 11) is 0. The molecule has 1 aromatic carbocycles. The smallest absolute Gasteiger partial charge is 0.171 e. The third-order valence-corrected chi connectivity index (χ3v) is 2.30. The van der Waals surface area contributed by atoms with Crippen molar-refractivity contribution in [2.24, 2.45) is 0 Å². The van der Waals surface area contributed by atoms with Crippen LogP contribution in [0.3, 0.4) is 0 Å². The Kier molecular flexibility index (Phi) is 2.23. The number of phenolic OH excluding ortho intramolecular Hbond substituents is 1. The first kappa shape index (κ1) is 10.1. The molecule has 0 aromatic heterocycles. The van der Waals surface area contributed by atoms with Gasteiger partial charge in [0.2, 0.25) is 0 Å². The lowest BCUT2D eigenvalue weighted by molar-refractivity contribution is 0.0673. The molecule has 1 aliphatic heterocycles. The SMILES string of the molecule is CC(C)(O)c1c(O)ccc2c1OCCO2. The molecule has 0 bridgehead atoms. The molecule has 4 nitrogen and oxygen atoms in total. The van der Waals surface area contributed by atoms with E-state index in [2.05, 4.69) is 0 Å². The number of fused-ring (bicyclic) bond motifs is 1. The largest absolute Gasteiger partial charge is 0.507 e. The predicted molar refractivity (Wildman–Crippen MR) is 54.3 cm³/mol.